The summed E-state index contributed by atoms with van der Waals surface area (Å²) >= 11 is 0. The second kappa shape index (κ2) is 7.64. The largest absolute Gasteiger partial charge is 0.492 e. The zero-order valence-electron chi connectivity index (χ0n) is 16.7. The standard InChI is InChI=1S/C22H23N7O/c1-28-8-10-29(11-9-28)17-5-3-16(4-6-17)25-22-26-20(21(30)27-22)13-15-2-7-18-19(12-15)24-14-23-18/h2-7,12-14,30H,8-11H2,1H3,(H2,25,26,27)/b15-13+. The van der Waals surface area contributed by atoms with E-state index in [9.17, 15) is 5.11 Å². The van der Waals surface area contributed by atoms with Crippen molar-refractivity contribution in [1.82, 2.24) is 14.9 Å². The number of aromatic nitrogens is 2. The monoisotopic (exact) mass is 401 g/mol. The Labute approximate surface area is 173 Å². The van der Waals surface area contributed by atoms with Crippen LogP contribution >= 0.6 is 0 Å². The molecule has 0 radical (unpaired) electrons. The van der Waals surface area contributed by atoms with Crippen molar-refractivity contribution in [3.63, 3.8) is 0 Å². The molecule has 2 aliphatic rings. The number of aliphatic imine (C=N–C) groups is 1. The number of piperazine rings is 1. The minimum absolute atomic E-state index is 0.0553. The summed E-state index contributed by atoms with van der Waals surface area (Å²) < 4.78 is 0. The van der Waals surface area contributed by atoms with E-state index in [-0.39, 0.29) is 5.88 Å². The van der Waals surface area contributed by atoms with Crippen molar-refractivity contribution in [2.75, 3.05) is 43.4 Å². The average molecular weight is 401 g/mol. The van der Waals surface area contributed by atoms with E-state index in [0.717, 1.165) is 48.1 Å². The molecule has 0 unspecified atom stereocenters. The molecule has 1 saturated heterocycles. The van der Waals surface area contributed by atoms with E-state index in [4.69, 9.17) is 0 Å². The summed E-state index contributed by atoms with van der Waals surface area (Å²) in [6.07, 6.45) is 3.37. The fourth-order valence-corrected chi connectivity index (χ4v) is 3.66. The summed E-state index contributed by atoms with van der Waals surface area (Å²) in [6, 6.07) is 14.0. The lowest BCUT2D eigenvalue weighted by Crippen LogP contribution is -2.44. The number of nitrogens with zero attached hydrogens (tertiary/aromatic N) is 5. The van der Waals surface area contributed by atoms with Crippen LogP contribution in [0.3, 0.4) is 0 Å². The van der Waals surface area contributed by atoms with E-state index < -0.39 is 0 Å². The summed E-state index contributed by atoms with van der Waals surface area (Å²) in [5.41, 5.74) is 3.48. The number of aromatic hydroxyl groups is 1. The molecule has 3 N–H and O–H groups in total. The molecule has 0 aliphatic carbocycles. The van der Waals surface area contributed by atoms with Gasteiger partial charge < -0.3 is 25.2 Å². The average Bonchev–Trinajstić information content (AvgIpc) is 3.35. The number of imidazole rings is 1. The van der Waals surface area contributed by atoms with Gasteiger partial charge in [-0.1, -0.05) is 6.07 Å². The van der Waals surface area contributed by atoms with E-state index in [1.807, 2.05) is 36.4 Å². The minimum Gasteiger partial charge on any atom is -0.492 e. The van der Waals surface area contributed by atoms with Gasteiger partial charge in [-0.3, -0.25) is 0 Å². The normalized spacial score (nSPS) is 16.6. The molecule has 8 heteroatoms. The zero-order valence-corrected chi connectivity index (χ0v) is 16.7. The number of anilines is 3. The predicted molar refractivity (Wildman–Crippen MR) is 119 cm³/mol. The maximum absolute atomic E-state index is 10.2. The Morgan fingerprint density at radius 3 is 2.67 bits per heavy atom. The highest BCUT2D eigenvalue weighted by Crippen LogP contribution is 2.23. The van der Waals surface area contributed by atoms with Crippen LogP contribution in [-0.2, 0) is 0 Å². The third-order valence-electron chi connectivity index (χ3n) is 5.41. The highest BCUT2D eigenvalue weighted by atomic mass is 16.3. The number of hydrogen-bond acceptors (Lipinski definition) is 7. The van der Waals surface area contributed by atoms with Gasteiger partial charge in [0, 0.05) is 37.6 Å². The van der Waals surface area contributed by atoms with Crippen LogP contribution in [0.2, 0.25) is 0 Å². The van der Waals surface area contributed by atoms with Gasteiger partial charge in [-0.25, -0.2) is 9.98 Å². The number of nitrogens with one attached hydrogen (secondary N) is 2. The number of fused-ring (bicyclic) bond motifs is 1. The molecule has 0 amide bonds. The Kier molecular flexibility index (Phi) is 4.68. The maximum Gasteiger partial charge on any atom is 0.238 e. The van der Waals surface area contributed by atoms with Crippen LogP contribution in [0.15, 0.2) is 52.4 Å². The van der Waals surface area contributed by atoms with E-state index >= 15 is 0 Å². The summed E-state index contributed by atoms with van der Waals surface area (Å²) in [5, 5.41) is 15.2. The second-order valence-corrected chi connectivity index (χ2v) is 7.55. The van der Waals surface area contributed by atoms with Crippen LogP contribution in [-0.4, -0.2) is 59.5 Å². The molecule has 3 heterocycles. The molecule has 3 aromatic rings. The number of likely N-dealkylation sites (N-methyl/N-ethyl adjacent to an activating group) is 1. The quantitative estimate of drug-likeness (QED) is 0.619. The lowest BCUT2D eigenvalue weighted by atomic mass is 10.2. The molecule has 30 heavy (non-hydrogen) atoms. The molecular weight excluding hydrogens is 378 g/mol. The predicted octanol–water partition coefficient (Wildman–Crippen LogP) is 1.73. The van der Waals surface area contributed by atoms with Gasteiger partial charge in [-0.15, -0.1) is 0 Å². The molecular formula is C22H23N7O. The summed E-state index contributed by atoms with van der Waals surface area (Å²) in [5.74, 6) is 0.431. The topological polar surface area (TPSA) is 92.1 Å². The smallest absolute Gasteiger partial charge is 0.238 e. The van der Waals surface area contributed by atoms with Crippen LogP contribution in [0.4, 0.5) is 23.0 Å². The first-order chi connectivity index (χ1) is 14.6. The van der Waals surface area contributed by atoms with E-state index in [0.29, 0.717) is 11.6 Å². The summed E-state index contributed by atoms with van der Waals surface area (Å²) in [7, 11) is 2.16. The molecule has 0 atom stereocenters. The zero-order chi connectivity index (χ0) is 20.5. The third-order valence-corrected chi connectivity index (χ3v) is 5.41. The van der Waals surface area contributed by atoms with Crippen LogP contribution in [0.1, 0.15) is 5.69 Å². The Bertz CT molecular complexity index is 1210. The number of rotatable bonds is 4. The lowest BCUT2D eigenvalue weighted by molar-refractivity contribution is 0.313. The molecule has 1 fully saturated rings. The van der Waals surface area contributed by atoms with Gasteiger partial charge in [0.05, 0.1) is 11.0 Å². The first-order valence-electron chi connectivity index (χ1n) is 9.96. The lowest BCUT2D eigenvalue weighted by Gasteiger charge is -2.34. The van der Waals surface area contributed by atoms with Crippen LogP contribution in [0.5, 0.6) is 5.88 Å². The van der Waals surface area contributed by atoms with Crippen molar-refractivity contribution in [2.24, 2.45) is 9.98 Å². The Balaban J connectivity index is 1.31. The fraction of sp³-hybridized carbons (Fsp3) is 0.227. The fourth-order valence-electron chi connectivity index (χ4n) is 3.66. The minimum atomic E-state index is -0.0553. The number of aromatic amines is 1. The third kappa shape index (κ3) is 3.77. The van der Waals surface area contributed by atoms with Gasteiger partial charge in [0.15, 0.2) is 0 Å². The molecule has 0 saturated carbocycles. The van der Waals surface area contributed by atoms with E-state index in [1.165, 1.54) is 5.69 Å². The molecule has 5 rings (SSSR count). The number of H-pyrrole nitrogens is 1. The van der Waals surface area contributed by atoms with Crippen molar-refractivity contribution in [2.45, 2.75) is 0 Å². The number of benzene rings is 2. The van der Waals surface area contributed by atoms with Gasteiger partial charge in [-0.2, -0.15) is 4.98 Å². The van der Waals surface area contributed by atoms with Gasteiger partial charge >= 0.3 is 0 Å². The van der Waals surface area contributed by atoms with Gasteiger partial charge in [0.1, 0.15) is 12.0 Å². The highest BCUT2D eigenvalue weighted by molar-refractivity contribution is 5.67. The van der Waals surface area contributed by atoms with Crippen LogP contribution in [0, 0.1) is 0 Å². The molecule has 152 valence electrons. The highest BCUT2D eigenvalue weighted by Gasteiger charge is 2.14. The summed E-state index contributed by atoms with van der Waals surface area (Å²) in [6.45, 7) is 4.24. The van der Waals surface area contributed by atoms with E-state index in [2.05, 4.69) is 54.2 Å². The first kappa shape index (κ1) is 18.4. The van der Waals surface area contributed by atoms with Crippen molar-refractivity contribution < 1.29 is 5.11 Å². The molecule has 0 bridgehead atoms. The van der Waals surface area contributed by atoms with Crippen LogP contribution in [0.25, 0.3) is 6.08 Å². The molecule has 2 aliphatic heterocycles. The molecule has 2 aromatic carbocycles. The number of hydrogen-bond donors (Lipinski definition) is 3. The Morgan fingerprint density at radius 1 is 1.07 bits per heavy atom. The maximum atomic E-state index is 10.2. The van der Waals surface area contributed by atoms with Gasteiger partial charge in [0.25, 0.3) is 0 Å². The summed E-state index contributed by atoms with van der Waals surface area (Å²) in [4.78, 5) is 20.4. The van der Waals surface area contributed by atoms with E-state index in [1.54, 1.807) is 6.34 Å². The Hall–Kier alpha value is -3.65. The second-order valence-electron chi connectivity index (χ2n) is 7.55. The van der Waals surface area contributed by atoms with Gasteiger partial charge in [-0.05, 0) is 54.7 Å². The molecule has 8 nitrogen and oxygen atoms in total. The van der Waals surface area contributed by atoms with Gasteiger partial charge in [0.2, 0.25) is 11.8 Å². The molecule has 1 aromatic heterocycles. The van der Waals surface area contributed by atoms with Crippen molar-refractivity contribution >= 4 is 35.4 Å². The Morgan fingerprint density at radius 2 is 1.87 bits per heavy atom. The van der Waals surface area contributed by atoms with Crippen molar-refractivity contribution in [3.8, 4) is 5.88 Å². The van der Waals surface area contributed by atoms with Crippen molar-refractivity contribution in [1.29, 1.82) is 0 Å². The van der Waals surface area contributed by atoms with Crippen molar-refractivity contribution in [3.05, 3.63) is 58.7 Å². The SMILES string of the molecule is CN1CCN(c2ccc(Nc3nc(O)c(/C=c4\ccc5c(c4)N=CN=5)[nH]3)cc2)CC1. The molecule has 0 spiro atoms. The van der Waals surface area contributed by atoms with Crippen LogP contribution < -0.4 is 20.8 Å². The first-order valence-corrected chi connectivity index (χ1v) is 9.96.